The average Bonchev–Trinajstić information content (AvgIpc) is 3.22. The molecule has 2 aromatic heterocycles. The fourth-order valence-electron chi connectivity index (χ4n) is 3.27. The number of anilines is 1. The third-order valence-corrected chi connectivity index (χ3v) is 4.87. The standard InChI is InChI=1S/C20H21N5O/c1-15(24-10-8-16-4-2-3-5-17(16)13-24)20(26)23-18-6-7-19(22-12-18)25-11-9-21-14-25/h2-7,9,11-12,14-15H,8,10,13H2,1H3,(H,23,26)/t15-/m0/s1. The molecule has 0 saturated heterocycles. The first-order valence-corrected chi connectivity index (χ1v) is 8.77. The van der Waals surface area contributed by atoms with E-state index in [-0.39, 0.29) is 11.9 Å². The normalized spacial score (nSPS) is 15.3. The van der Waals surface area contributed by atoms with Gasteiger partial charge in [-0.1, -0.05) is 24.3 Å². The maximum atomic E-state index is 12.6. The van der Waals surface area contributed by atoms with Gasteiger partial charge in [-0.15, -0.1) is 0 Å². The molecule has 0 aliphatic carbocycles. The number of pyridine rings is 1. The van der Waals surface area contributed by atoms with Crippen molar-refractivity contribution in [3.05, 3.63) is 72.4 Å². The first kappa shape index (κ1) is 16.5. The van der Waals surface area contributed by atoms with E-state index in [1.165, 1.54) is 11.1 Å². The molecule has 3 aromatic rings. The highest BCUT2D eigenvalue weighted by molar-refractivity contribution is 5.94. The summed E-state index contributed by atoms with van der Waals surface area (Å²) in [6.07, 6.45) is 7.88. The Hall–Kier alpha value is -2.99. The van der Waals surface area contributed by atoms with Crippen molar-refractivity contribution in [1.29, 1.82) is 0 Å². The number of carbonyl (C=O) groups excluding carboxylic acids is 1. The van der Waals surface area contributed by atoms with Crippen molar-refractivity contribution in [2.45, 2.75) is 25.9 Å². The van der Waals surface area contributed by atoms with Gasteiger partial charge in [-0.3, -0.25) is 14.3 Å². The summed E-state index contributed by atoms with van der Waals surface area (Å²) in [5.41, 5.74) is 3.39. The van der Waals surface area contributed by atoms with Crippen LogP contribution in [0, 0.1) is 0 Å². The highest BCUT2D eigenvalue weighted by Gasteiger charge is 2.25. The summed E-state index contributed by atoms with van der Waals surface area (Å²) in [5, 5.41) is 2.97. The van der Waals surface area contributed by atoms with Crippen LogP contribution in [0.5, 0.6) is 0 Å². The molecular formula is C20H21N5O. The molecule has 0 fully saturated rings. The summed E-state index contributed by atoms with van der Waals surface area (Å²) in [6, 6.07) is 12.0. The van der Waals surface area contributed by atoms with Gasteiger partial charge in [0.15, 0.2) is 0 Å². The second-order valence-electron chi connectivity index (χ2n) is 6.53. The maximum absolute atomic E-state index is 12.6. The fourth-order valence-corrected chi connectivity index (χ4v) is 3.27. The number of aromatic nitrogens is 3. The number of nitrogens with one attached hydrogen (secondary N) is 1. The molecule has 1 atom stereocenters. The zero-order valence-electron chi connectivity index (χ0n) is 14.7. The van der Waals surface area contributed by atoms with Crippen molar-refractivity contribution in [2.75, 3.05) is 11.9 Å². The van der Waals surface area contributed by atoms with Gasteiger partial charge in [0.2, 0.25) is 5.91 Å². The van der Waals surface area contributed by atoms with Crippen molar-refractivity contribution >= 4 is 11.6 Å². The summed E-state index contributed by atoms with van der Waals surface area (Å²) in [6.45, 7) is 3.66. The van der Waals surface area contributed by atoms with Crippen molar-refractivity contribution in [3.63, 3.8) is 0 Å². The predicted octanol–water partition coefficient (Wildman–Crippen LogP) is 2.65. The monoisotopic (exact) mass is 347 g/mol. The molecule has 0 spiro atoms. The van der Waals surface area contributed by atoms with Gasteiger partial charge < -0.3 is 5.32 Å². The minimum Gasteiger partial charge on any atom is -0.323 e. The first-order chi connectivity index (χ1) is 12.7. The van der Waals surface area contributed by atoms with Crippen molar-refractivity contribution < 1.29 is 4.79 Å². The molecule has 0 bridgehead atoms. The van der Waals surface area contributed by atoms with E-state index in [0.29, 0.717) is 5.69 Å². The quantitative estimate of drug-likeness (QED) is 0.788. The molecule has 3 heterocycles. The van der Waals surface area contributed by atoms with Crippen LogP contribution in [0.15, 0.2) is 61.3 Å². The zero-order chi connectivity index (χ0) is 17.9. The van der Waals surface area contributed by atoms with Gasteiger partial charge in [0.1, 0.15) is 12.1 Å². The lowest BCUT2D eigenvalue weighted by molar-refractivity contribution is -0.121. The minimum atomic E-state index is -0.198. The third kappa shape index (κ3) is 3.36. The number of hydrogen-bond acceptors (Lipinski definition) is 4. The number of rotatable bonds is 4. The number of carbonyl (C=O) groups is 1. The summed E-state index contributed by atoms with van der Waals surface area (Å²) in [7, 11) is 0. The third-order valence-electron chi connectivity index (χ3n) is 4.87. The zero-order valence-corrected chi connectivity index (χ0v) is 14.7. The topological polar surface area (TPSA) is 63.1 Å². The van der Waals surface area contributed by atoms with Crippen molar-refractivity contribution in [2.24, 2.45) is 0 Å². The molecule has 6 nitrogen and oxygen atoms in total. The number of nitrogens with zero attached hydrogens (tertiary/aromatic N) is 4. The summed E-state index contributed by atoms with van der Waals surface area (Å²) in [5.74, 6) is 0.753. The molecule has 1 N–H and O–H groups in total. The van der Waals surface area contributed by atoms with Crippen LogP contribution in [-0.4, -0.2) is 37.9 Å². The van der Waals surface area contributed by atoms with E-state index in [1.54, 1.807) is 18.7 Å². The SMILES string of the molecule is C[C@@H](C(=O)Nc1ccc(-n2ccnc2)nc1)N1CCc2ccccc2C1. The van der Waals surface area contributed by atoms with Gasteiger partial charge in [-0.2, -0.15) is 0 Å². The van der Waals surface area contributed by atoms with Crippen LogP contribution in [0.4, 0.5) is 5.69 Å². The van der Waals surface area contributed by atoms with E-state index in [0.717, 1.165) is 25.3 Å². The van der Waals surface area contributed by atoms with Gasteiger partial charge in [0.05, 0.1) is 17.9 Å². The van der Waals surface area contributed by atoms with Crippen LogP contribution < -0.4 is 5.32 Å². The van der Waals surface area contributed by atoms with Crippen LogP contribution in [0.3, 0.4) is 0 Å². The Labute approximate surface area is 152 Å². The van der Waals surface area contributed by atoms with E-state index < -0.39 is 0 Å². The Morgan fingerprint density at radius 3 is 2.77 bits per heavy atom. The Morgan fingerprint density at radius 1 is 1.19 bits per heavy atom. The lowest BCUT2D eigenvalue weighted by atomic mass is 9.99. The number of hydrogen-bond donors (Lipinski definition) is 1. The molecule has 1 aliphatic heterocycles. The number of imidazole rings is 1. The molecule has 1 aliphatic rings. The molecule has 4 rings (SSSR count). The minimum absolute atomic E-state index is 0.0124. The van der Waals surface area contributed by atoms with Crippen molar-refractivity contribution in [3.8, 4) is 5.82 Å². The highest BCUT2D eigenvalue weighted by atomic mass is 16.2. The molecule has 6 heteroatoms. The van der Waals surface area contributed by atoms with Crippen LogP contribution in [-0.2, 0) is 17.8 Å². The molecule has 1 amide bonds. The molecule has 0 radical (unpaired) electrons. The summed E-state index contributed by atoms with van der Waals surface area (Å²) >= 11 is 0. The second-order valence-corrected chi connectivity index (χ2v) is 6.53. The van der Waals surface area contributed by atoms with Crippen LogP contribution in [0.25, 0.3) is 5.82 Å². The number of fused-ring (bicyclic) bond motifs is 1. The number of amides is 1. The molecule has 132 valence electrons. The predicted molar refractivity (Wildman–Crippen MR) is 100 cm³/mol. The molecular weight excluding hydrogens is 326 g/mol. The van der Waals surface area contributed by atoms with E-state index in [2.05, 4.69) is 44.5 Å². The lowest BCUT2D eigenvalue weighted by Gasteiger charge is -2.32. The van der Waals surface area contributed by atoms with Crippen molar-refractivity contribution in [1.82, 2.24) is 19.4 Å². The Kier molecular flexibility index (Phi) is 4.50. The van der Waals surface area contributed by atoms with Gasteiger partial charge in [-0.25, -0.2) is 9.97 Å². The molecule has 26 heavy (non-hydrogen) atoms. The van der Waals surface area contributed by atoms with E-state index >= 15 is 0 Å². The van der Waals surface area contributed by atoms with Crippen LogP contribution >= 0.6 is 0 Å². The Morgan fingerprint density at radius 2 is 2.04 bits per heavy atom. The summed E-state index contributed by atoms with van der Waals surface area (Å²) < 4.78 is 1.82. The Bertz CT molecular complexity index is 889. The first-order valence-electron chi connectivity index (χ1n) is 8.77. The van der Waals surface area contributed by atoms with Crippen LogP contribution in [0.2, 0.25) is 0 Å². The van der Waals surface area contributed by atoms with Gasteiger partial charge >= 0.3 is 0 Å². The van der Waals surface area contributed by atoms with Crippen LogP contribution in [0.1, 0.15) is 18.1 Å². The molecule has 1 aromatic carbocycles. The fraction of sp³-hybridized carbons (Fsp3) is 0.250. The summed E-state index contributed by atoms with van der Waals surface area (Å²) in [4.78, 5) is 23.2. The lowest BCUT2D eigenvalue weighted by Crippen LogP contribution is -2.44. The van der Waals surface area contributed by atoms with Gasteiger partial charge in [0.25, 0.3) is 0 Å². The largest absolute Gasteiger partial charge is 0.323 e. The number of benzene rings is 1. The maximum Gasteiger partial charge on any atom is 0.241 e. The second kappa shape index (κ2) is 7.09. The Balaban J connectivity index is 1.40. The van der Waals surface area contributed by atoms with E-state index in [4.69, 9.17) is 0 Å². The van der Waals surface area contributed by atoms with Gasteiger partial charge in [-0.05, 0) is 36.6 Å². The smallest absolute Gasteiger partial charge is 0.241 e. The average molecular weight is 347 g/mol. The van der Waals surface area contributed by atoms with E-state index in [9.17, 15) is 4.79 Å². The van der Waals surface area contributed by atoms with Gasteiger partial charge in [0, 0.05) is 25.5 Å². The molecule has 0 saturated carbocycles. The highest BCUT2D eigenvalue weighted by Crippen LogP contribution is 2.21. The molecule has 0 unspecified atom stereocenters. The van der Waals surface area contributed by atoms with E-state index in [1.807, 2.05) is 29.8 Å².